The molecule has 1 aliphatic heterocycles. The first-order valence-electron chi connectivity index (χ1n) is 8.24. The molecule has 0 bridgehead atoms. The highest BCUT2D eigenvalue weighted by Crippen LogP contribution is 2.29. The lowest BCUT2D eigenvalue weighted by atomic mass is 9.93. The van der Waals surface area contributed by atoms with E-state index >= 15 is 0 Å². The number of anilines is 1. The summed E-state index contributed by atoms with van der Waals surface area (Å²) >= 11 is 0. The van der Waals surface area contributed by atoms with Gasteiger partial charge in [-0.2, -0.15) is 0 Å². The van der Waals surface area contributed by atoms with E-state index in [1.165, 1.54) is 49.2 Å². The van der Waals surface area contributed by atoms with Crippen molar-refractivity contribution in [3.63, 3.8) is 0 Å². The van der Waals surface area contributed by atoms with E-state index in [1.54, 1.807) is 0 Å². The maximum absolute atomic E-state index is 6.18. The Balaban J connectivity index is 2.14. The van der Waals surface area contributed by atoms with Gasteiger partial charge in [-0.05, 0) is 50.2 Å². The van der Waals surface area contributed by atoms with Gasteiger partial charge in [-0.15, -0.1) is 0 Å². The molecule has 1 unspecified atom stereocenters. The number of rotatable bonds is 5. The number of hydrogen-bond acceptors (Lipinski definition) is 2. The van der Waals surface area contributed by atoms with Crippen molar-refractivity contribution in [3.8, 4) is 0 Å². The number of aryl methyl sites for hydroxylation is 1. The second-order valence-corrected chi connectivity index (χ2v) is 6.34. The fourth-order valence-electron chi connectivity index (χ4n) is 3.20. The normalized spacial score (nSPS) is 18.3. The Bertz CT molecular complexity index is 419. The van der Waals surface area contributed by atoms with Crippen molar-refractivity contribution in [1.29, 1.82) is 0 Å². The van der Waals surface area contributed by atoms with Crippen LogP contribution in [-0.4, -0.2) is 19.1 Å². The highest BCUT2D eigenvalue weighted by atomic mass is 15.1. The molecular weight excluding hydrogens is 244 g/mol. The third-order valence-electron chi connectivity index (χ3n) is 4.77. The minimum atomic E-state index is 0.281. The Morgan fingerprint density at radius 2 is 1.95 bits per heavy atom. The summed E-state index contributed by atoms with van der Waals surface area (Å²) in [4.78, 5) is 2.57. The molecule has 1 atom stereocenters. The van der Waals surface area contributed by atoms with Crippen LogP contribution in [0.15, 0.2) is 18.2 Å². The van der Waals surface area contributed by atoms with Crippen molar-refractivity contribution in [1.82, 2.24) is 0 Å². The van der Waals surface area contributed by atoms with E-state index in [0.717, 1.165) is 18.8 Å². The molecule has 0 spiro atoms. The van der Waals surface area contributed by atoms with Gasteiger partial charge in [-0.3, -0.25) is 0 Å². The summed E-state index contributed by atoms with van der Waals surface area (Å²) in [6, 6.07) is 7.15. The zero-order chi connectivity index (χ0) is 14.5. The summed E-state index contributed by atoms with van der Waals surface area (Å²) in [5, 5.41) is 0. The molecular formula is C18H30N2. The predicted molar refractivity (Wildman–Crippen MR) is 88.4 cm³/mol. The van der Waals surface area contributed by atoms with Crippen molar-refractivity contribution in [2.24, 2.45) is 11.7 Å². The maximum atomic E-state index is 6.18. The van der Waals surface area contributed by atoms with Gasteiger partial charge in [0.2, 0.25) is 0 Å². The molecule has 1 saturated heterocycles. The quantitative estimate of drug-likeness (QED) is 0.882. The van der Waals surface area contributed by atoms with Gasteiger partial charge in [0.25, 0.3) is 0 Å². The van der Waals surface area contributed by atoms with Crippen LogP contribution in [0, 0.1) is 12.8 Å². The predicted octanol–water partition coefficient (Wildman–Crippen LogP) is 3.90. The summed E-state index contributed by atoms with van der Waals surface area (Å²) in [6.45, 7) is 9.07. The van der Waals surface area contributed by atoms with Crippen molar-refractivity contribution >= 4 is 5.69 Å². The average molecular weight is 274 g/mol. The van der Waals surface area contributed by atoms with Crippen molar-refractivity contribution in [3.05, 3.63) is 29.3 Å². The minimum absolute atomic E-state index is 0.281. The number of benzene rings is 1. The molecule has 1 fully saturated rings. The molecule has 2 heteroatoms. The Hall–Kier alpha value is -1.02. The van der Waals surface area contributed by atoms with Crippen LogP contribution in [0.5, 0.6) is 0 Å². The van der Waals surface area contributed by atoms with E-state index in [-0.39, 0.29) is 6.04 Å². The van der Waals surface area contributed by atoms with Crippen LogP contribution in [0.2, 0.25) is 0 Å². The van der Waals surface area contributed by atoms with Crippen LogP contribution < -0.4 is 10.6 Å². The molecule has 0 radical (unpaired) electrons. The molecule has 0 saturated carbocycles. The van der Waals surface area contributed by atoms with Gasteiger partial charge in [0.15, 0.2) is 0 Å². The summed E-state index contributed by atoms with van der Waals surface area (Å²) in [5.41, 5.74) is 10.4. The zero-order valence-corrected chi connectivity index (χ0v) is 13.4. The van der Waals surface area contributed by atoms with Crippen LogP contribution in [0.4, 0.5) is 5.69 Å². The molecule has 1 aliphatic rings. The van der Waals surface area contributed by atoms with Crippen molar-refractivity contribution in [2.75, 3.05) is 18.0 Å². The number of nitrogens with two attached hydrogens (primary N) is 1. The lowest BCUT2D eigenvalue weighted by Gasteiger charge is -2.35. The highest BCUT2D eigenvalue weighted by molar-refractivity contribution is 5.55. The molecule has 0 aliphatic carbocycles. The van der Waals surface area contributed by atoms with E-state index in [4.69, 9.17) is 5.73 Å². The highest BCUT2D eigenvalue weighted by Gasteiger charge is 2.20. The average Bonchev–Trinajstić information content (AvgIpc) is 2.47. The van der Waals surface area contributed by atoms with Gasteiger partial charge in [0, 0.05) is 24.8 Å². The van der Waals surface area contributed by atoms with Gasteiger partial charge in [0.05, 0.1) is 0 Å². The van der Waals surface area contributed by atoms with Crippen LogP contribution in [0.1, 0.15) is 50.7 Å². The van der Waals surface area contributed by atoms with E-state index < -0.39 is 0 Å². The summed E-state index contributed by atoms with van der Waals surface area (Å²) in [5.74, 6) is 0.929. The lowest BCUT2D eigenvalue weighted by molar-refractivity contribution is 0.394. The Morgan fingerprint density at radius 3 is 2.55 bits per heavy atom. The zero-order valence-electron chi connectivity index (χ0n) is 13.4. The first-order valence-corrected chi connectivity index (χ1v) is 8.24. The second kappa shape index (κ2) is 7.12. The van der Waals surface area contributed by atoms with Gasteiger partial charge in [0.1, 0.15) is 0 Å². The van der Waals surface area contributed by atoms with Gasteiger partial charge >= 0.3 is 0 Å². The monoisotopic (exact) mass is 274 g/mol. The fourth-order valence-corrected chi connectivity index (χ4v) is 3.20. The van der Waals surface area contributed by atoms with Crippen LogP contribution in [0.3, 0.4) is 0 Å². The summed E-state index contributed by atoms with van der Waals surface area (Å²) < 4.78 is 0. The van der Waals surface area contributed by atoms with Crippen LogP contribution in [0.25, 0.3) is 0 Å². The Kier molecular flexibility index (Phi) is 5.47. The molecule has 2 nitrogen and oxygen atoms in total. The maximum Gasteiger partial charge on any atom is 0.0399 e. The van der Waals surface area contributed by atoms with Gasteiger partial charge in [-0.25, -0.2) is 0 Å². The number of piperidine rings is 1. The van der Waals surface area contributed by atoms with E-state index in [0.29, 0.717) is 0 Å². The van der Waals surface area contributed by atoms with E-state index in [1.807, 2.05) is 0 Å². The van der Waals surface area contributed by atoms with Gasteiger partial charge in [-0.1, -0.05) is 38.0 Å². The van der Waals surface area contributed by atoms with Gasteiger partial charge < -0.3 is 10.6 Å². The number of nitrogens with zero attached hydrogens (tertiary/aromatic N) is 1. The smallest absolute Gasteiger partial charge is 0.0399 e. The number of hydrogen-bond donors (Lipinski definition) is 1. The first-order chi connectivity index (χ1) is 9.63. The molecule has 1 aromatic carbocycles. The standard InChI is InChI=1S/C18H30N2/c1-4-15-8-10-20(11-9-15)18-7-6-14(3)12-16(18)13-17(19)5-2/h6-7,12,15,17H,4-5,8-11,13,19H2,1-3H3. The third-order valence-corrected chi connectivity index (χ3v) is 4.77. The Labute approximate surface area is 124 Å². The van der Waals surface area contributed by atoms with Crippen molar-refractivity contribution in [2.45, 2.75) is 58.9 Å². The minimum Gasteiger partial charge on any atom is -0.371 e. The molecule has 0 amide bonds. The third kappa shape index (κ3) is 3.76. The molecule has 1 heterocycles. The molecule has 2 N–H and O–H groups in total. The van der Waals surface area contributed by atoms with E-state index in [2.05, 4.69) is 43.9 Å². The molecule has 20 heavy (non-hydrogen) atoms. The van der Waals surface area contributed by atoms with E-state index in [9.17, 15) is 0 Å². The largest absolute Gasteiger partial charge is 0.371 e. The SMILES string of the molecule is CCC(N)Cc1cc(C)ccc1N1CCC(CC)CC1. The second-order valence-electron chi connectivity index (χ2n) is 6.34. The molecule has 112 valence electrons. The van der Waals surface area contributed by atoms with Crippen LogP contribution in [-0.2, 0) is 6.42 Å². The fraction of sp³-hybridized carbons (Fsp3) is 0.667. The topological polar surface area (TPSA) is 29.3 Å². The van der Waals surface area contributed by atoms with Crippen LogP contribution >= 0.6 is 0 Å². The lowest BCUT2D eigenvalue weighted by Crippen LogP contribution is -2.34. The molecule has 2 rings (SSSR count). The molecule has 1 aromatic rings. The summed E-state index contributed by atoms with van der Waals surface area (Å²) in [7, 11) is 0. The van der Waals surface area contributed by atoms with Crippen molar-refractivity contribution < 1.29 is 0 Å². The first kappa shape index (κ1) is 15.4. The summed E-state index contributed by atoms with van der Waals surface area (Å²) in [6.07, 6.45) is 6.05. The molecule has 0 aromatic heterocycles. The Morgan fingerprint density at radius 1 is 1.25 bits per heavy atom.